The lowest BCUT2D eigenvalue weighted by atomic mass is 10.1. The minimum Gasteiger partial charge on any atom is -0.326 e. The van der Waals surface area contributed by atoms with Gasteiger partial charge in [0.1, 0.15) is 0 Å². The van der Waals surface area contributed by atoms with Gasteiger partial charge in [0, 0.05) is 17.6 Å². The second-order valence-corrected chi connectivity index (χ2v) is 4.55. The van der Waals surface area contributed by atoms with Crippen molar-refractivity contribution in [1.29, 1.82) is 0 Å². The first-order chi connectivity index (χ1) is 7.08. The summed E-state index contributed by atoms with van der Waals surface area (Å²) in [6.45, 7) is 3.50. The monoisotopic (exact) mass is 223 g/mol. The van der Waals surface area contributed by atoms with E-state index in [2.05, 4.69) is 11.4 Å². The van der Waals surface area contributed by atoms with Crippen LogP contribution in [0.5, 0.6) is 0 Å². The van der Waals surface area contributed by atoms with Crippen LogP contribution in [-0.2, 0) is 4.79 Å². The van der Waals surface area contributed by atoms with Crippen LogP contribution in [0.2, 0.25) is 5.02 Å². The van der Waals surface area contributed by atoms with Crippen LogP contribution < -0.4 is 5.32 Å². The molecule has 2 nitrogen and oxygen atoms in total. The van der Waals surface area contributed by atoms with E-state index in [1.807, 2.05) is 13.0 Å². The molecule has 0 atom stereocenters. The number of carbonyl (C=O) groups excluding carboxylic acids is 1. The standard InChI is InChI=1S/C12H14ClNO/c1-7-5-10(9-3-4-9)11(13)6-12(7)14-8(2)15/h5-6,9H,3-4H2,1-2H3,(H,14,15). The van der Waals surface area contributed by atoms with E-state index in [1.165, 1.54) is 25.3 Å². The van der Waals surface area contributed by atoms with E-state index in [0.29, 0.717) is 5.92 Å². The zero-order valence-corrected chi connectivity index (χ0v) is 9.69. The van der Waals surface area contributed by atoms with Crippen LogP contribution in [0, 0.1) is 6.92 Å². The van der Waals surface area contributed by atoms with Gasteiger partial charge >= 0.3 is 0 Å². The van der Waals surface area contributed by atoms with Gasteiger partial charge in [-0.1, -0.05) is 17.7 Å². The number of hydrogen-bond donors (Lipinski definition) is 1. The summed E-state index contributed by atoms with van der Waals surface area (Å²) < 4.78 is 0. The molecule has 1 aliphatic rings. The molecule has 80 valence electrons. The molecule has 3 heteroatoms. The van der Waals surface area contributed by atoms with Crippen LogP contribution in [0.4, 0.5) is 5.69 Å². The summed E-state index contributed by atoms with van der Waals surface area (Å²) in [5.41, 5.74) is 3.12. The first kappa shape index (κ1) is 10.5. The van der Waals surface area contributed by atoms with Gasteiger partial charge < -0.3 is 5.32 Å². The predicted octanol–water partition coefficient (Wildman–Crippen LogP) is 3.48. The summed E-state index contributed by atoms with van der Waals surface area (Å²) in [5, 5.41) is 3.55. The lowest BCUT2D eigenvalue weighted by Gasteiger charge is -2.10. The van der Waals surface area contributed by atoms with Gasteiger partial charge in [-0.25, -0.2) is 0 Å². The van der Waals surface area contributed by atoms with Crippen molar-refractivity contribution in [2.45, 2.75) is 32.6 Å². The quantitative estimate of drug-likeness (QED) is 0.817. The van der Waals surface area contributed by atoms with Crippen LogP contribution in [0.15, 0.2) is 12.1 Å². The Morgan fingerprint density at radius 3 is 2.67 bits per heavy atom. The topological polar surface area (TPSA) is 29.1 Å². The van der Waals surface area contributed by atoms with Crippen molar-refractivity contribution in [3.05, 3.63) is 28.3 Å². The third kappa shape index (κ3) is 2.32. The van der Waals surface area contributed by atoms with Crippen molar-refractivity contribution >= 4 is 23.2 Å². The van der Waals surface area contributed by atoms with Crippen molar-refractivity contribution in [1.82, 2.24) is 0 Å². The van der Waals surface area contributed by atoms with Crippen LogP contribution in [0.25, 0.3) is 0 Å². The van der Waals surface area contributed by atoms with Crippen molar-refractivity contribution < 1.29 is 4.79 Å². The molecule has 0 spiro atoms. The molecule has 0 bridgehead atoms. The number of hydrogen-bond acceptors (Lipinski definition) is 1. The molecule has 0 saturated heterocycles. The average Bonchev–Trinajstić information content (AvgIpc) is 2.93. The summed E-state index contributed by atoms with van der Waals surface area (Å²) in [7, 11) is 0. The van der Waals surface area contributed by atoms with E-state index in [0.717, 1.165) is 16.3 Å². The van der Waals surface area contributed by atoms with Crippen molar-refractivity contribution in [2.24, 2.45) is 0 Å². The number of carbonyl (C=O) groups is 1. The Hall–Kier alpha value is -1.02. The fourth-order valence-electron chi connectivity index (χ4n) is 1.74. The van der Waals surface area contributed by atoms with Crippen molar-refractivity contribution in [2.75, 3.05) is 5.32 Å². The van der Waals surface area contributed by atoms with Gasteiger partial charge in [0.2, 0.25) is 5.91 Å². The number of aryl methyl sites for hydroxylation is 1. The molecule has 1 fully saturated rings. The highest BCUT2D eigenvalue weighted by Gasteiger charge is 2.26. The molecule has 15 heavy (non-hydrogen) atoms. The zero-order valence-electron chi connectivity index (χ0n) is 8.93. The van der Waals surface area contributed by atoms with Gasteiger partial charge in [0.05, 0.1) is 0 Å². The second kappa shape index (κ2) is 3.86. The maximum absolute atomic E-state index is 11.0. The number of halogens is 1. The van der Waals surface area contributed by atoms with Crippen LogP contribution in [0.1, 0.15) is 36.8 Å². The van der Waals surface area contributed by atoms with E-state index in [4.69, 9.17) is 11.6 Å². The van der Waals surface area contributed by atoms with E-state index >= 15 is 0 Å². The van der Waals surface area contributed by atoms with E-state index in [-0.39, 0.29) is 5.91 Å². The highest BCUT2D eigenvalue weighted by molar-refractivity contribution is 6.31. The van der Waals surface area contributed by atoms with Gasteiger partial charge in [-0.2, -0.15) is 0 Å². The molecule has 0 aliphatic heterocycles. The summed E-state index contributed by atoms with van der Waals surface area (Å²) >= 11 is 6.17. The first-order valence-corrected chi connectivity index (χ1v) is 5.53. The third-order valence-electron chi connectivity index (χ3n) is 2.67. The Morgan fingerprint density at radius 1 is 1.47 bits per heavy atom. The molecule has 1 aromatic rings. The highest BCUT2D eigenvalue weighted by atomic mass is 35.5. The molecule has 0 heterocycles. The lowest BCUT2D eigenvalue weighted by molar-refractivity contribution is -0.114. The molecule has 2 rings (SSSR count). The molecule has 0 radical (unpaired) electrons. The first-order valence-electron chi connectivity index (χ1n) is 5.15. The average molecular weight is 224 g/mol. The summed E-state index contributed by atoms with van der Waals surface area (Å²) in [4.78, 5) is 11.0. The largest absolute Gasteiger partial charge is 0.326 e. The number of anilines is 1. The van der Waals surface area contributed by atoms with Crippen molar-refractivity contribution in [3.8, 4) is 0 Å². The molecule has 1 aliphatic carbocycles. The fraction of sp³-hybridized carbons (Fsp3) is 0.417. The minimum absolute atomic E-state index is 0.0617. The van der Waals surface area contributed by atoms with Crippen LogP contribution in [0.3, 0.4) is 0 Å². The highest BCUT2D eigenvalue weighted by Crippen LogP contribution is 2.44. The third-order valence-corrected chi connectivity index (χ3v) is 3.00. The van der Waals surface area contributed by atoms with Crippen LogP contribution in [-0.4, -0.2) is 5.91 Å². The lowest BCUT2D eigenvalue weighted by Crippen LogP contribution is -2.07. The molecule has 0 unspecified atom stereocenters. The molecular weight excluding hydrogens is 210 g/mol. The molecule has 1 aromatic carbocycles. The normalized spacial score (nSPS) is 15.1. The Balaban J connectivity index is 2.33. The fourth-order valence-corrected chi connectivity index (χ4v) is 2.05. The van der Waals surface area contributed by atoms with E-state index < -0.39 is 0 Å². The maximum atomic E-state index is 11.0. The van der Waals surface area contributed by atoms with Crippen LogP contribution >= 0.6 is 11.6 Å². The SMILES string of the molecule is CC(=O)Nc1cc(Cl)c(C2CC2)cc1C. The Labute approximate surface area is 94.6 Å². The van der Waals surface area contributed by atoms with Gasteiger partial charge in [0.25, 0.3) is 0 Å². The maximum Gasteiger partial charge on any atom is 0.221 e. The van der Waals surface area contributed by atoms with E-state index in [9.17, 15) is 4.79 Å². The number of benzene rings is 1. The summed E-state index contributed by atoms with van der Waals surface area (Å²) in [5.74, 6) is 0.580. The predicted molar refractivity (Wildman–Crippen MR) is 62.5 cm³/mol. The molecule has 0 aromatic heterocycles. The smallest absolute Gasteiger partial charge is 0.221 e. The van der Waals surface area contributed by atoms with Gasteiger partial charge in [-0.05, 0) is 42.9 Å². The number of rotatable bonds is 2. The number of nitrogens with one attached hydrogen (secondary N) is 1. The molecule has 1 saturated carbocycles. The number of amides is 1. The van der Waals surface area contributed by atoms with E-state index in [1.54, 1.807) is 0 Å². The summed E-state index contributed by atoms with van der Waals surface area (Å²) in [6.07, 6.45) is 2.47. The van der Waals surface area contributed by atoms with Crippen molar-refractivity contribution in [3.63, 3.8) is 0 Å². The van der Waals surface area contributed by atoms with Gasteiger partial charge in [-0.3, -0.25) is 4.79 Å². The zero-order chi connectivity index (χ0) is 11.0. The Kier molecular flexibility index (Phi) is 2.70. The molecule has 1 N–H and O–H groups in total. The van der Waals surface area contributed by atoms with Gasteiger partial charge in [-0.15, -0.1) is 0 Å². The molecular formula is C12H14ClNO. The van der Waals surface area contributed by atoms with Gasteiger partial charge in [0.15, 0.2) is 0 Å². The Bertz CT molecular complexity index is 410. The second-order valence-electron chi connectivity index (χ2n) is 4.14. The molecule has 1 amide bonds. The Morgan fingerprint density at radius 2 is 2.13 bits per heavy atom. The summed E-state index contributed by atoms with van der Waals surface area (Å²) in [6, 6.07) is 3.94. The minimum atomic E-state index is -0.0617.